The van der Waals surface area contributed by atoms with E-state index < -0.39 is 5.91 Å². The Morgan fingerprint density at radius 2 is 1.84 bits per heavy atom. The maximum Gasteiger partial charge on any atom is 0.319 e. The van der Waals surface area contributed by atoms with Gasteiger partial charge in [-0.05, 0) is 62.7 Å². The molecule has 2 rings (SSSR count). The highest BCUT2D eigenvalue weighted by Gasteiger charge is 2.16. The fourth-order valence-electron chi connectivity index (χ4n) is 3.42. The summed E-state index contributed by atoms with van der Waals surface area (Å²) in [5.74, 6) is -0.508. The van der Waals surface area contributed by atoms with Crippen LogP contribution in [-0.2, 0) is 9.53 Å². The lowest BCUT2D eigenvalue weighted by molar-refractivity contribution is -0.112. The molecule has 3 amide bonds. The van der Waals surface area contributed by atoms with Gasteiger partial charge in [0.2, 0.25) is 0 Å². The molecule has 2 aromatic rings. The summed E-state index contributed by atoms with van der Waals surface area (Å²) in [5.41, 5.74) is 3.86. The SMILES string of the molecule is C=CCNC(=O)Nc1ccc(NC(=O)/C(C#N)=C/c2cc(C)n(C(C)COC)c2C)cc1. The van der Waals surface area contributed by atoms with Crippen LogP contribution in [0.2, 0.25) is 0 Å². The monoisotopic (exact) mass is 435 g/mol. The number of nitriles is 1. The smallest absolute Gasteiger partial charge is 0.319 e. The van der Waals surface area contributed by atoms with Gasteiger partial charge in [-0.1, -0.05) is 6.08 Å². The van der Waals surface area contributed by atoms with Gasteiger partial charge in [-0.25, -0.2) is 4.79 Å². The molecule has 0 aliphatic carbocycles. The Kier molecular flexibility index (Phi) is 8.81. The van der Waals surface area contributed by atoms with Crippen LogP contribution in [0.1, 0.15) is 29.9 Å². The van der Waals surface area contributed by atoms with Gasteiger partial charge in [0.15, 0.2) is 0 Å². The number of rotatable bonds is 9. The van der Waals surface area contributed by atoms with Gasteiger partial charge in [0.1, 0.15) is 11.6 Å². The number of amides is 3. The van der Waals surface area contributed by atoms with Crippen molar-refractivity contribution in [3.05, 3.63) is 65.5 Å². The van der Waals surface area contributed by atoms with Gasteiger partial charge in [0.25, 0.3) is 5.91 Å². The fraction of sp³-hybridized carbons (Fsp3) is 0.292. The molecule has 0 aliphatic heterocycles. The molecule has 0 saturated heterocycles. The molecule has 8 heteroatoms. The summed E-state index contributed by atoms with van der Waals surface area (Å²) >= 11 is 0. The quantitative estimate of drug-likeness (QED) is 0.312. The van der Waals surface area contributed by atoms with Crippen molar-refractivity contribution < 1.29 is 14.3 Å². The van der Waals surface area contributed by atoms with Crippen molar-refractivity contribution in [3.8, 4) is 6.07 Å². The molecule has 0 saturated carbocycles. The fourth-order valence-corrected chi connectivity index (χ4v) is 3.42. The number of hydrogen-bond acceptors (Lipinski definition) is 4. The van der Waals surface area contributed by atoms with E-state index in [1.165, 1.54) is 0 Å². The molecule has 1 heterocycles. The van der Waals surface area contributed by atoms with Gasteiger partial charge in [0, 0.05) is 36.4 Å². The summed E-state index contributed by atoms with van der Waals surface area (Å²) in [6, 6.07) is 10.3. The lowest BCUT2D eigenvalue weighted by Crippen LogP contribution is -2.28. The third kappa shape index (κ3) is 6.33. The second-order valence-electron chi connectivity index (χ2n) is 7.33. The van der Waals surface area contributed by atoms with Crippen LogP contribution in [0.25, 0.3) is 6.08 Å². The Balaban J connectivity index is 2.13. The standard InChI is InChI=1S/C24H29N5O3/c1-6-11-26-24(31)28-22-9-7-21(8-10-22)27-23(30)20(14-25)13-19-12-16(2)29(18(19)4)17(3)15-32-5/h6-10,12-13,17H,1,11,15H2,2-5H3,(H,27,30)(H2,26,28,31)/b20-13+. The van der Waals surface area contributed by atoms with Crippen LogP contribution >= 0.6 is 0 Å². The predicted molar refractivity (Wildman–Crippen MR) is 126 cm³/mol. The number of aromatic nitrogens is 1. The zero-order chi connectivity index (χ0) is 23.7. The van der Waals surface area contributed by atoms with Crippen molar-refractivity contribution in [2.45, 2.75) is 26.8 Å². The average Bonchev–Trinajstić information content (AvgIpc) is 3.04. The predicted octanol–water partition coefficient (Wildman–Crippen LogP) is 4.17. The van der Waals surface area contributed by atoms with Gasteiger partial charge < -0.3 is 25.3 Å². The molecule has 168 valence electrons. The van der Waals surface area contributed by atoms with E-state index in [1.54, 1.807) is 43.5 Å². The van der Waals surface area contributed by atoms with E-state index in [2.05, 4.69) is 34.0 Å². The summed E-state index contributed by atoms with van der Waals surface area (Å²) < 4.78 is 7.37. The first-order valence-electron chi connectivity index (χ1n) is 10.2. The first-order chi connectivity index (χ1) is 15.3. The molecule has 8 nitrogen and oxygen atoms in total. The van der Waals surface area contributed by atoms with Crippen molar-refractivity contribution in [1.82, 2.24) is 9.88 Å². The number of anilines is 2. The van der Waals surface area contributed by atoms with Gasteiger partial charge in [0.05, 0.1) is 12.6 Å². The average molecular weight is 436 g/mol. The molecule has 1 aromatic heterocycles. The molecule has 32 heavy (non-hydrogen) atoms. The number of aryl methyl sites for hydroxylation is 1. The van der Waals surface area contributed by atoms with Gasteiger partial charge >= 0.3 is 6.03 Å². The summed E-state index contributed by atoms with van der Waals surface area (Å²) in [6.07, 6.45) is 3.17. The molecule has 1 atom stereocenters. The Bertz CT molecular complexity index is 1040. The van der Waals surface area contributed by atoms with Crippen LogP contribution in [0.3, 0.4) is 0 Å². The minimum Gasteiger partial charge on any atom is -0.383 e. The summed E-state index contributed by atoms with van der Waals surface area (Å²) in [4.78, 5) is 24.3. The summed E-state index contributed by atoms with van der Waals surface area (Å²) in [6.45, 7) is 10.4. The third-order valence-electron chi connectivity index (χ3n) is 4.84. The maximum absolute atomic E-state index is 12.7. The summed E-state index contributed by atoms with van der Waals surface area (Å²) in [7, 11) is 1.66. The molecule has 0 aliphatic rings. The number of benzene rings is 1. The Morgan fingerprint density at radius 1 is 1.22 bits per heavy atom. The highest BCUT2D eigenvalue weighted by Crippen LogP contribution is 2.23. The van der Waals surface area contributed by atoms with Crippen LogP contribution in [0, 0.1) is 25.2 Å². The maximum atomic E-state index is 12.7. The first-order valence-corrected chi connectivity index (χ1v) is 10.2. The minimum absolute atomic E-state index is 0.00403. The van der Waals surface area contributed by atoms with Crippen molar-refractivity contribution in [2.24, 2.45) is 0 Å². The molecule has 1 unspecified atom stereocenters. The van der Waals surface area contributed by atoms with E-state index in [0.29, 0.717) is 24.5 Å². The second kappa shape index (κ2) is 11.5. The van der Waals surface area contributed by atoms with Gasteiger partial charge in [-0.15, -0.1) is 6.58 Å². The third-order valence-corrected chi connectivity index (χ3v) is 4.84. The Labute approximate surface area is 188 Å². The lowest BCUT2D eigenvalue weighted by atomic mass is 10.1. The largest absolute Gasteiger partial charge is 0.383 e. The van der Waals surface area contributed by atoms with Crippen molar-refractivity contribution in [2.75, 3.05) is 30.9 Å². The lowest BCUT2D eigenvalue weighted by Gasteiger charge is -2.17. The molecular weight excluding hydrogens is 406 g/mol. The number of urea groups is 1. The van der Waals surface area contributed by atoms with E-state index in [9.17, 15) is 14.9 Å². The molecule has 0 spiro atoms. The number of hydrogen-bond donors (Lipinski definition) is 3. The van der Waals surface area contributed by atoms with Crippen LogP contribution in [0.5, 0.6) is 0 Å². The Morgan fingerprint density at radius 3 is 2.41 bits per heavy atom. The van der Waals surface area contributed by atoms with E-state index in [4.69, 9.17) is 4.74 Å². The van der Waals surface area contributed by atoms with Crippen LogP contribution < -0.4 is 16.0 Å². The van der Waals surface area contributed by atoms with Crippen LogP contribution in [0.4, 0.5) is 16.2 Å². The molecule has 1 aromatic carbocycles. The normalized spacial score (nSPS) is 11.9. The first kappa shape index (κ1) is 24.4. The number of carbonyl (C=O) groups excluding carboxylic acids is 2. The number of carbonyl (C=O) groups is 2. The summed E-state index contributed by atoms with van der Waals surface area (Å²) in [5, 5.41) is 17.5. The highest BCUT2D eigenvalue weighted by atomic mass is 16.5. The van der Waals surface area contributed by atoms with Crippen LogP contribution in [0.15, 0.2) is 48.6 Å². The van der Waals surface area contributed by atoms with Gasteiger partial charge in [-0.2, -0.15) is 5.26 Å². The number of nitrogens with zero attached hydrogens (tertiary/aromatic N) is 2. The van der Waals surface area contributed by atoms with E-state index in [1.807, 2.05) is 26.0 Å². The van der Waals surface area contributed by atoms with E-state index >= 15 is 0 Å². The molecular formula is C24H29N5O3. The van der Waals surface area contributed by atoms with Crippen LogP contribution in [-0.4, -0.2) is 36.8 Å². The molecule has 0 bridgehead atoms. The highest BCUT2D eigenvalue weighted by molar-refractivity contribution is 6.09. The zero-order valence-corrected chi connectivity index (χ0v) is 18.9. The molecule has 3 N–H and O–H groups in total. The van der Waals surface area contributed by atoms with E-state index in [-0.39, 0.29) is 17.6 Å². The second-order valence-corrected chi connectivity index (χ2v) is 7.33. The Hall–Kier alpha value is -3.83. The zero-order valence-electron chi connectivity index (χ0n) is 18.9. The van der Waals surface area contributed by atoms with Crippen molar-refractivity contribution >= 4 is 29.4 Å². The number of ether oxygens (including phenoxy) is 1. The van der Waals surface area contributed by atoms with Crippen molar-refractivity contribution in [1.29, 1.82) is 5.26 Å². The number of methoxy groups -OCH3 is 1. The number of nitrogens with one attached hydrogen (secondary N) is 3. The topological polar surface area (TPSA) is 108 Å². The molecule has 0 radical (unpaired) electrons. The van der Waals surface area contributed by atoms with E-state index in [0.717, 1.165) is 17.0 Å². The molecule has 0 fully saturated rings. The minimum atomic E-state index is -0.508. The van der Waals surface area contributed by atoms with Gasteiger partial charge in [-0.3, -0.25) is 4.79 Å². The van der Waals surface area contributed by atoms with Crippen molar-refractivity contribution in [3.63, 3.8) is 0 Å².